The monoisotopic (exact) mass is 333 g/mol. The maximum Gasteiger partial charge on any atom is 0.119 e. The highest BCUT2D eigenvalue weighted by atomic mass is 16.5. The van der Waals surface area contributed by atoms with Gasteiger partial charge in [0.25, 0.3) is 0 Å². The minimum Gasteiger partial charge on any atom is -0.494 e. The molecule has 0 saturated carbocycles. The van der Waals surface area contributed by atoms with Crippen LogP contribution in [0.15, 0.2) is 18.2 Å². The summed E-state index contributed by atoms with van der Waals surface area (Å²) in [4.78, 5) is 0. The molecule has 0 spiro atoms. The van der Waals surface area contributed by atoms with Gasteiger partial charge in [0.05, 0.1) is 13.2 Å². The number of hydrogen-bond acceptors (Lipinski definition) is 3. The third-order valence-electron chi connectivity index (χ3n) is 5.14. The van der Waals surface area contributed by atoms with Crippen molar-refractivity contribution in [3.8, 4) is 5.75 Å². The van der Waals surface area contributed by atoms with E-state index in [2.05, 4.69) is 25.1 Å². The second-order valence-electron chi connectivity index (χ2n) is 7.73. The number of ether oxygens (including phenoxy) is 1. The fourth-order valence-corrected chi connectivity index (χ4v) is 3.72. The summed E-state index contributed by atoms with van der Waals surface area (Å²) >= 11 is 0. The van der Waals surface area contributed by atoms with E-state index in [1.807, 2.05) is 6.92 Å². The maximum absolute atomic E-state index is 9.45. The lowest BCUT2D eigenvalue weighted by Gasteiger charge is -2.32. The Morgan fingerprint density at radius 3 is 2.79 bits per heavy atom. The van der Waals surface area contributed by atoms with E-state index in [0.717, 1.165) is 38.0 Å². The molecule has 1 aliphatic carbocycles. The molecule has 3 nitrogen and oxygen atoms in total. The van der Waals surface area contributed by atoms with Crippen molar-refractivity contribution in [2.24, 2.45) is 5.73 Å². The molecular weight excluding hydrogens is 298 g/mol. The molecular formula is C21H35NO2. The van der Waals surface area contributed by atoms with Crippen LogP contribution < -0.4 is 10.5 Å². The highest BCUT2D eigenvalue weighted by Crippen LogP contribution is 2.37. The van der Waals surface area contributed by atoms with Gasteiger partial charge in [0, 0.05) is 5.54 Å². The van der Waals surface area contributed by atoms with E-state index in [0.29, 0.717) is 5.92 Å². The quantitative estimate of drug-likeness (QED) is 0.617. The van der Waals surface area contributed by atoms with Crippen LogP contribution in [0.4, 0.5) is 0 Å². The van der Waals surface area contributed by atoms with Crippen LogP contribution in [0.2, 0.25) is 0 Å². The van der Waals surface area contributed by atoms with Crippen LogP contribution in [-0.4, -0.2) is 23.9 Å². The van der Waals surface area contributed by atoms with Gasteiger partial charge in [-0.2, -0.15) is 0 Å². The van der Waals surface area contributed by atoms with E-state index in [1.54, 1.807) is 0 Å². The zero-order valence-corrected chi connectivity index (χ0v) is 15.5. The van der Waals surface area contributed by atoms with E-state index in [1.165, 1.54) is 43.2 Å². The normalized spacial score (nSPS) is 19.6. The summed E-state index contributed by atoms with van der Waals surface area (Å²) in [6.45, 7) is 5.04. The second kappa shape index (κ2) is 9.43. The van der Waals surface area contributed by atoms with E-state index >= 15 is 0 Å². The minimum atomic E-state index is -0.493. The van der Waals surface area contributed by atoms with E-state index in [-0.39, 0.29) is 6.61 Å². The van der Waals surface area contributed by atoms with Gasteiger partial charge in [0.2, 0.25) is 0 Å². The van der Waals surface area contributed by atoms with E-state index in [9.17, 15) is 5.11 Å². The third kappa shape index (κ3) is 5.78. The molecule has 136 valence electrons. The number of benzene rings is 1. The Morgan fingerprint density at radius 2 is 2.04 bits per heavy atom. The van der Waals surface area contributed by atoms with Crippen molar-refractivity contribution in [1.29, 1.82) is 0 Å². The predicted molar refractivity (Wildman–Crippen MR) is 101 cm³/mol. The average molecular weight is 334 g/mol. The zero-order chi connectivity index (χ0) is 17.4. The largest absolute Gasteiger partial charge is 0.494 e. The Hall–Kier alpha value is -1.06. The molecule has 3 N–H and O–H groups in total. The second-order valence-corrected chi connectivity index (χ2v) is 7.73. The van der Waals surface area contributed by atoms with Gasteiger partial charge < -0.3 is 15.6 Å². The molecule has 1 aromatic carbocycles. The smallest absolute Gasteiger partial charge is 0.119 e. The number of hydrogen-bond donors (Lipinski definition) is 2. The maximum atomic E-state index is 9.45. The van der Waals surface area contributed by atoms with E-state index < -0.39 is 5.54 Å². The molecule has 0 heterocycles. The molecule has 0 bridgehead atoms. The van der Waals surface area contributed by atoms with E-state index in [4.69, 9.17) is 10.5 Å². The van der Waals surface area contributed by atoms with Gasteiger partial charge in [0.1, 0.15) is 5.75 Å². The van der Waals surface area contributed by atoms with Gasteiger partial charge >= 0.3 is 0 Å². The average Bonchev–Trinajstić information content (AvgIpc) is 2.58. The van der Waals surface area contributed by atoms with Gasteiger partial charge in [-0.25, -0.2) is 0 Å². The molecule has 0 unspecified atom stereocenters. The SMILES string of the molecule is CCCCCCCOc1ccc2c(c1)CCC[C@@H]2C[C@@](C)(N)CO. The molecule has 24 heavy (non-hydrogen) atoms. The lowest BCUT2D eigenvalue weighted by atomic mass is 9.76. The van der Waals surface area contributed by atoms with Gasteiger partial charge in [0.15, 0.2) is 0 Å². The topological polar surface area (TPSA) is 55.5 Å². The lowest BCUT2D eigenvalue weighted by molar-refractivity contribution is 0.189. The first kappa shape index (κ1) is 19.3. The number of unbranched alkanes of at least 4 members (excludes halogenated alkanes) is 4. The van der Waals surface area contributed by atoms with Crippen LogP contribution in [0.3, 0.4) is 0 Å². The number of nitrogens with two attached hydrogens (primary N) is 1. The zero-order valence-electron chi connectivity index (χ0n) is 15.5. The minimum absolute atomic E-state index is 0.0397. The van der Waals surface area contributed by atoms with Crippen molar-refractivity contribution >= 4 is 0 Å². The van der Waals surface area contributed by atoms with Crippen LogP contribution in [0.1, 0.15) is 82.3 Å². The summed E-state index contributed by atoms with van der Waals surface area (Å²) in [6, 6.07) is 6.55. The van der Waals surface area contributed by atoms with Crippen molar-refractivity contribution in [1.82, 2.24) is 0 Å². The summed E-state index contributed by atoms with van der Waals surface area (Å²) in [5.74, 6) is 1.46. The van der Waals surface area contributed by atoms with Crippen LogP contribution in [0.5, 0.6) is 5.75 Å². The summed E-state index contributed by atoms with van der Waals surface area (Å²) < 4.78 is 5.94. The highest BCUT2D eigenvalue weighted by Gasteiger charge is 2.27. The number of aliphatic hydroxyl groups excluding tert-OH is 1. The molecule has 3 heteroatoms. The molecule has 0 saturated heterocycles. The Kier molecular flexibility index (Phi) is 7.57. The summed E-state index contributed by atoms with van der Waals surface area (Å²) in [7, 11) is 0. The van der Waals surface area contributed by atoms with Crippen molar-refractivity contribution in [2.75, 3.05) is 13.2 Å². The lowest BCUT2D eigenvalue weighted by Crippen LogP contribution is -2.42. The van der Waals surface area contributed by atoms with Gasteiger partial charge in [-0.3, -0.25) is 0 Å². The van der Waals surface area contributed by atoms with Crippen LogP contribution in [0, 0.1) is 0 Å². The molecule has 0 amide bonds. The highest BCUT2D eigenvalue weighted by molar-refractivity contribution is 5.39. The molecule has 0 fully saturated rings. The molecule has 1 aliphatic rings. The first-order chi connectivity index (χ1) is 11.6. The van der Waals surface area contributed by atoms with Crippen LogP contribution >= 0.6 is 0 Å². The van der Waals surface area contributed by atoms with Gasteiger partial charge in [-0.1, -0.05) is 38.7 Å². The molecule has 0 aromatic heterocycles. The molecule has 0 radical (unpaired) electrons. The summed E-state index contributed by atoms with van der Waals surface area (Å²) in [5.41, 5.74) is 8.49. The first-order valence-electron chi connectivity index (χ1n) is 9.71. The number of rotatable bonds is 10. The number of fused-ring (bicyclic) bond motifs is 1. The Labute approximate surface area is 147 Å². The van der Waals surface area contributed by atoms with Crippen LogP contribution in [0.25, 0.3) is 0 Å². The molecule has 1 aromatic rings. The molecule has 0 aliphatic heterocycles. The Balaban J connectivity index is 1.90. The van der Waals surface area contributed by atoms with Gasteiger partial charge in [-0.15, -0.1) is 0 Å². The Morgan fingerprint density at radius 1 is 1.25 bits per heavy atom. The summed E-state index contributed by atoms with van der Waals surface area (Å²) in [6.07, 6.45) is 10.7. The standard InChI is InChI=1S/C21H35NO2/c1-3-4-5-6-7-13-24-19-11-12-20-17(14-19)9-8-10-18(20)15-21(2,22)16-23/h11-12,14,18,23H,3-10,13,15-16,22H2,1-2H3/t18-,21-/m1/s1. The van der Waals surface area contributed by atoms with Crippen molar-refractivity contribution in [2.45, 2.75) is 83.1 Å². The number of aryl methyl sites for hydroxylation is 1. The molecule has 2 atom stereocenters. The van der Waals surface area contributed by atoms with Crippen molar-refractivity contribution in [3.63, 3.8) is 0 Å². The van der Waals surface area contributed by atoms with Crippen molar-refractivity contribution in [3.05, 3.63) is 29.3 Å². The van der Waals surface area contributed by atoms with Crippen LogP contribution in [-0.2, 0) is 6.42 Å². The Bertz CT molecular complexity index is 499. The number of aliphatic hydroxyl groups is 1. The fourth-order valence-electron chi connectivity index (χ4n) is 3.72. The first-order valence-corrected chi connectivity index (χ1v) is 9.71. The van der Waals surface area contributed by atoms with Crippen molar-refractivity contribution < 1.29 is 9.84 Å². The van der Waals surface area contributed by atoms with Gasteiger partial charge in [-0.05, 0) is 68.2 Å². The fraction of sp³-hybridized carbons (Fsp3) is 0.714. The molecule has 2 rings (SSSR count). The third-order valence-corrected chi connectivity index (χ3v) is 5.14. The predicted octanol–water partition coefficient (Wildman–Crippen LogP) is 4.56. The summed E-state index contributed by atoms with van der Waals surface area (Å²) in [5, 5.41) is 9.45.